The van der Waals surface area contributed by atoms with Gasteiger partial charge >= 0.3 is 0 Å². The molecule has 0 bridgehead atoms. The molecule has 1 aromatic heterocycles. The zero-order valence-electron chi connectivity index (χ0n) is 10.4. The maximum Gasteiger partial charge on any atom is 0.133 e. The Balaban J connectivity index is 2.15. The van der Waals surface area contributed by atoms with Gasteiger partial charge in [-0.15, -0.1) is 0 Å². The smallest absolute Gasteiger partial charge is 0.133 e. The number of rotatable bonds is 4. The Bertz CT molecular complexity index is 537. The number of methoxy groups -OCH3 is 1. The van der Waals surface area contributed by atoms with E-state index in [2.05, 4.69) is 21.0 Å². The molecule has 0 saturated heterocycles. The quantitative estimate of drug-likeness (QED) is 0.944. The van der Waals surface area contributed by atoms with Crippen molar-refractivity contribution >= 4 is 15.9 Å². The van der Waals surface area contributed by atoms with E-state index < -0.39 is 0 Å². The van der Waals surface area contributed by atoms with Gasteiger partial charge in [-0.2, -0.15) is 5.10 Å². The van der Waals surface area contributed by atoms with Crippen molar-refractivity contribution in [2.45, 2.75) is 19.5 Å². The summed E-state index contributed by atoms with van der Waals surface area (Å²) in [6.45, 7) is 2.67. The van der Waals surface area contributed by atoms with Crippen molar-refractivity contribution in [1.29, 1.82) is 0 Å². The molecule has 0 spiro atoms. The van der Waals surface area contributed by atoms with Gasteiger partial charge in [0.05, 0.1) is 24.3 Å². The Morgan fingerprint density at radius 3 is 2.83 bits per heavy atom. The molecule has 0 aliphatic heterocycles. The Hall–Kier alpha value is -1.33. The molecule has 0 aliphatic carbocycles. The topological polar surface area (TPSA) is 53.1 Å². The fourth-order valence-electron chi connectivity index (χ4n) is 1.70. The first kappa shape index (κ1) is 13.1. The van der Waals surface area contributed by atoms with Crippen LogP contribution in [0.25, 0.3) is 0 Å². The average molecular weight is 310 g/mol. The third kappa shape index (κ3) is 2.91. The third-order valence-corrected chi connectivity index (χ3v) is 3.36. The van der Waals surface area contributed by atoms with E-state index in [4.69, 9.17) is 10.5 Å². The molecule has 2 aromatic rings. The van der Waals surface area contributed by atoms with Crippen LogP contribution in [0.3, 0.4) is 0 Å². The monoisotopic (exact) mass is 309 g/mol. The second-order valence-electron chi connectivity index (χ2n) is 4.23. The van der Waals surface area contributed by atoms with Crippen LogP contribution in [0.15, 0.2) is 35.1 Å². The Labute approximate surface area is 115 Å². The van der Waals surface area contributed by atoms with E-state index in [1.807, 2.05) is 42.2 Å². The SMILES string of the molecule is COc1ccc(Cn2cc(C(C)N)cn2)cc1Br. The highest BCUT2D eigenvalue weighted by Crippen LogP contribution is 2.25. The van der Waals surface area contributed by atoms with Crippen LogP contribution in [0.1, 0.15) is 24.1 Å². The van der Waals surface area contributed by atoms with Gasteiger partial charge in [-0.3, -0.25) is 4.68 Å². The predicted molar refractivity (Wildman–Crippen MR) is 74.6 cm³/mol. The third-order valence-electron chi connectivity index (χ3n) is 2.74. The number of hydrogen-bond donors (Lipinski definition) is 1. The molecule has 1 atom stereocenters. The largest absolute Gasteiger partial charge is 0.496 e. The lowest BCUT2D eigenvalue weighted by Crippen LogP contribution is -2.04. The molecule has 2 N–H and O–H groups in total. The van der Waals surface area contributed by atoms with Gasteiger partial charge in [-0.1, -0.05) is 6.07 Å². The maximum absolute atomic E-state index is 5.81. The molecular formula is C13H16BrN3O. The molecule has 0 fully saturated rings. The van der Waals surface area contributed by atoms with Crippen LogP contribution >= 0.6 is 15.9 Å². The molecule has 0 amide bonds. The molecule has 0 aliphatic rings. The summed E-state index contributed by atoms with van der Waals surface area (Å²) >= 11 is 3.47. The molecule has 1 unspecified atom stereocenters. The van der Waals surface area contributed by atoms with Crippen LogP contribution in [-0.2, 0) is 6.54 Å². The zero-order chi connectivity index (χ0) is 13.1. The first-order valence-electron chi connectivity index (χ1n) is 5.70. The lowest BCUT2D eigenvalue weighted by molar-refractivity contribution is 0.412. The average Bonchev–Trinajstić information content (AvgIpc) is 2.78. The minimum absolute atomic E-state index is 0.0151. The number of ether oxygens (including phenoxy) is 1. The van der Waals surface area contributed by atoms with E-state index in [1.54, 1.807) is 7.11 Å². The first-order valence-corrected chi connectivity index (χ1v) is 6.50. The normalized spacial score (nSPS) is 12.4. The van der Waals surface area contributed by atoms with E-state index in [-0.39, 0.29) is 6.04 Å². The predicted octanol–water partition coefficient (Wildman–Crippen LogP) is 2.72. The van der Waals surface area contributed by atoms with Gasteiger partial charge in [0, 0.05) is 17.8 Å². The lowest BCUT2D eigenvalue weighted by atomic mass is 10.2. The van der Waals surface area contributed by atoms with Crippen molar-refractivity contribution in [2.24, 2.45) is 5.73 Å². The van der Waals surface area contributed by atoms with E-state index in [0.717, 1.165) is 27.9 Å². The van der Waals surface area contributed by atoms with Gasteiger partial charge in [-0.05, 0) is 40.5 Å². The highest BCUT2D eigenvalue weighted by molar-refractivity contribution is 9.10. The summed E-state index contributed by atoms with van der Waals surface area (Å²) in [6.07, 6.45) is 3.78. The molecule has 2 rings (SSSR count). The number of aromatic nitrogens is 2. The van der Waals surface area contributed by atoms with Crippen LogP contribution in [0.5, 0.6) is 5.75 Å². The van der Waals surface area contributed by atoms with Crippen molar-refractivity contribution in [2.75, 3.05) is 7.11 Å². The molecule has 5 heteroatoms. The summed E-state index contributed by atoms with van der Waals surface area (Å²) in [7, 11) is 1.65. The van der Waals surface area contributed by atoms with Gasteiger partial charge in [0.1, 0.15) is 5.75 Å². The summed E-state index contributed by atoms with van der Waals surface area (Å²) in [5, 5.41) is 4.30. The van der Waals surface area contributed by atoms with Crippen LogP contribution in [0.4, 0.5) is 0 Å². The van der Waals surface area contributed by atoms with Crippen molar-refractivity contribution in [3.8, 4) is 5.75 Å². The molecule has 18 heavy (non-hydrogen) atoms. The standard InChI is InChI=1S/C13H16BrN3O/c1-9(15)11-6-16-17(8-11)7-10-3-4-13(18-2)12(14)5-10/h3-6,8-9H,7,15H2,1-2H3. The molecule has 1 heterocycles. The van der Waals surface area contributed by atoms with E-state index >= 15 is 0 Å². The zero-order valence-corrected chi connectivity index (χ0v) is 12.0. The van der Waals surface area contributed by atoms with Crippen LogP contribution in [-0.4, -0.2) is 16.9 Å². The van der Waals surface area contributed by atoms with Crippen molar-refractivity contribution in [1.82, 2.24) is 9.78 Å². The Morgan fingerprint density at radius 1 is 1.50 bits per heavy atom. The molecule has 96 valence electrons. The van der Waals surface area contributed by atoms with Crippen molar-refractivity contribution in [3.63, 3.8) is 0 Å². The maximum atomic E-state index is 5.81. The second kappa shape index (κ2) is 5.54. The fourth-order valence-corrected chi connectivity index (χ4v) is 2.28. The summed E-state index contributed by atoms with van der Waals surface area (Å²) in [6, 6.07) is 6.01. The molecule has 0 radical (unpaired) electrons. The summed E-state index contributed by atoms with van der Waals surface area (Å²) in [5.74, 6) is 0.829. The molecule has 4 nitrogen and oxygen atoms in total. The fraction of sp³-hybridized carbons (Fsp3) is 0.308. The van der Waals surface area contributed by atoms with Gasteiger partial charge < -0.3 is 10.5 Å². The highest BCUT2D eigenvalue weighted by Gasteiger charge is 2.05. The number of nitrogens with two attached hydrogens (primary N) is 1. The molecular weight excluding hydrogens is 294 g/mol. The number of benzene rings is 1. The van der Waals surface area contributed by atoms with Gasteiger partial charge in [-0.25, -0.2) is 0 Å². The van der Waals surface area contributed by atoms with Gasteiger partial charge in [0.15, 0.2) is 0 Å². The summed E-state index contributed by atoms with van der Waals surface area (Å²) in [4.78, 5) is 0. The number of nitrogens with zero attached hydrogens (tertiary/aromatic N) is 2. The minimum atomic E-state index is 0.0151. The molecule has 0 saturated carbocycles. The van der Waals surface area contributed by atoms with Gasteiger partial charge in [0.2, 0.25) is 0 Å². The van der Waals surface area contributed by atoms with Crippen LogP contribution in [0.2, 0.25) is 0 Å². The lowest BCUT2D eigenvalue weighted by Gasteiger charge is -2.06. The van der Waals surface area contributed by atoms with Crippen LogP contribution < -0.4 is 10.5 Å². The van der Waals surface area contributed by atoms with Gasteiger partial charge in [0.25, 0.3) is 0 Å². The highest BCUT2D eigenvalue weighted by atomic mass is 79.9. The van der Waals surface area contributed by atoms with Crippen molar-refractivity contribution < 1.29 is 4.74 Å². The van der Waals surface area contributed by atoms with E-state index in [9.17, 15) is 0 Å². The number of halogens is 1. The van der Waals surface area contributed by atoms with Crippen molar-refractivity contribution in [3.05, 3.63) is 46.2 Å². The number of hydrogen-bond acceptors (Lipinski definition) is 3. The van der Waals surface area contributed by atoms with E-state index in [0.29, 0.717) is 0 Å². The Morgan fingerprint density at radius 2 is 2.28 bits per heavy atom. The van der Waals surface area contributed by atoms with E-state index in [1.165, 1.54) is 0 Å². The van der Waals surface area contributed by atoms with Crippen LogP contribution in [0, 0.1) is 0 Å². The summed E-state index contributed by atoms with van der Waals surface area (Å²) < 4.78 is 8.03. The summed E-state index contributed by atoms with van der Waals surface area (Å²) in [5.41, 5.74) is 8.00. The second-order valence-corrected chi connectivity index (χ2v) is 5.08. The minimum Gasteiger partial charge on any atom is -0.496 e. The first-order chi connectivity index (χ1) is 8.60. The molecule has 1 aromatic carbocycles. The Kier molecular flexibility index (Phi) is 4.04.